The average molecular weight is 423 g/mol. The molecule has 32 heavy (non-hydrogen) atoms. The molecule has 0 aliphatic carbocycles. The molecule has 4 aromatic carbocycles. The van der Waals surface area contributed by atoms with E-state index in [1.807, 2.05) is 60.7 Å². The third-order valence-corrected chi connectivity index (χ3v) is 5.39. The van der Waals surface area contributed by atoms with Crippen LogP contribution in [0.25, 0.3) is 22.8 Å². The standard InChI is InChI=1S/C28H19F2NO/c29-23-15-11-19(12-16-23)25(20-13-17-24(30)18-14-20)26-27(21-7-3-1-4-8-21)32-28(31-26)22-9-5-2-6-10-22/h1-18,25H. The van der Waals surface area contributed by atoms with Gasteiger partial charge in [-0.25, -0.2) is 13.8 Å². The molecule has 2 nitrogen and oxygen atoms in total. The van der Waals surface area contributed by atoms with E-state index in [1.165, 1.54) is 24.3 Å². The van der Waals surface area contributed by atoms with Gasteiger partial charge in [-0.3, -0.25) is 0 Å². The van der Waals surface area contributed by atoms with E-state index in [1.54, 1.807) is 24.3 Å². The summed E-state index contributed by atoms with van der Waals surface area (Å²) in [5.41, 5.74) is 4.10. The highest BCUT2D eigenvalue weighted by Crippen LogP contribution is 2.40. The summed E-state index contributed by atoms with van der Waals surface area (Å²) in [6, 6.07) is 32.0. The van der Waals surface area contributed by atoms with Crippen LogP contribution >= 0.6 is 0 Å². The first kappa shape index (κ1) is 19.9. The van der Waals surface area contributed by atoms with Gasteiger partial charge in [-0.15, -0.1) is 0 Å². The summed E-state index contributed by atoms with van der Waals surface area (Å²) < 4.78 is 33.7. The van der Waals surface area contributed by atoms with E-state index in [0.717, 1.165) is 22.3 Å². The van der Waals surface area contributed by atoms with Crippen LogP contribution < -0.4 is 0 Å². The third kappa shape index (κ3) is 3.95. The number of aromatic nitrogens is 1. The van der Waals surface area contributed by atoms with E-state index >= 15 is 0 Å². The Morgan fingerprint density at radius 2 is 1.03 bits per heavy atom. The monoisotopic (exact) mass is 423 g/mol. The zero-order chi connectivity index (χ0) is 21.9. The van der Waals surface area contributed by atoms with Crippen molar-refractivity contribution in [2.24, 2.45) is 0 Å². The minimum absolute atomic E-state index is 0.319. The molecule has 0 atom stereocenters. The van der Waals surface area contributed by atoms with E-state index in [9.17, 15) is 8.78 Å². The van der Waals surface area contributed by atoms with Gasteiger partial charge in [0.2, 0.25) is 5.89 Å². The number of hydrogen-bond donors (Lipinski definition) is 0. The van der Waals surface area contributed by atoms with Gasteiger partial charge in [0.15, 0.2) is 5.76 Å². The highest BCUT2D eigenvalue weighted by Gasteiger charge is 2.27. The van der Waals surface area contributed by atoms with Crippen LogP contribution in [-0.4, -0.2) is 4.98 Å². The molecule has 0 aliphatic rings. The summed E-state index contributed by atoms with van der Waals surface area (Å²) >= 11 is 0. The largest absolute Gasteiger partial charge is 0.436 e. The second-order valence-electron chi connectivity index (χ2n) is 7.50. The van der Waals surface area contributed by atoms with Gasteiger partial charge in [-0.1, -0.05) is 72.8 Å². The minimum atomic E-state index is -0.368. The van der Waals surface area contributed by atoms with Gasteiger partial charge in [0.25, 0.3) is 0 Å². The maximum atomic E-state index is 13.7. The summed E-state index contributed by atoms with van der Waals surface area (Å²) in [6.07, 6.45) is 0. The first-order valence-corrected chi connectivity index (χ1v) is 10.3. The van der Waals surface area contributed by atoms with E-state index in [2.05, 4.69) is 0 Å². The lowest BCUT2D eigenvalue weighted by atomic mass is 9.86. The fraction of sp³-hybridized carbons (Fsp3) is 0.0357. The number of oxazole rings is 1. The molecule has 156 valence electrons. The Labute approximate surface area is 184 Å². The van der Waals surface area contributed by atoms with Gasteiger partial charge in [-0.2, -0.15) is 0 Å². The molecule has 0 saturated carbocycles. The molecule has 0 radical (unpaired) electrons. The minimum Gasteiger partial charge on any atom is -0.436 e. The van der Waals surface area contributed by atoms with E-state index < -0.39 is 0 Å². The Kier molecular flexibility index (Phi) is 5.34. The van der Waals surface area contributed by atoms with E-state index in [0.29, 0.717) is 17.3 Å². The number of nitrogens with zero attached hydrogens (tertiary/aromatic N) is 1. The SMILES string of the molecule is Fc1ccc(C(c2ccc(F)cc2)c2nc(-c3ccccc3)oc2-c2ccccc2)cc1. The van der Waals surface area contributed by atoms with Crippen molar-refractivity contribution < 1.29 is 13.2 Å². The van der Waals surface area contributed by atoms with Crippen LogP contribution in [0.15, 0.2) is 114 Å². The molecule has 0 spiro atoms. The first-order valence-electron chi connectivity index (χ1n) is 10.3. The summed E-state index contributed by atoms with van der Waals surface area (Å²) in [5.74, 6) is 0.115. The van der Waals surface area contributed by atoms with Crippen molar-refractivity contribution in [2.45, 2.75) is 5.92 Å². The average Bonchev–Trinajstić information content (AvgIpc) is 3.28. The molecule has 0 amide bonds. The third-order valence-electron chi connectivity index (χ3n) is 5.39. The van der Waals surface area contributed by atoms with Crippen LogP contribution in [0.5, 0.6) is 0 Å². The molecule has 4 heteroatoms. The van der Waals surface area contributed by atoms with Crippen LogP contribution in [0.4, 0.5) is 8.78 Å². The first-order chi connectivity index (χ1) is 15.7. The van der Waals surface area contributed by atoms with Crippen LogP contribution in [0, 0.1) is 11.6 Å². The topological polar surface area (TPSA) is 26.0 Å². The highest BCUT2D eigenvalue weighted by molar-refractivity contribution is 5.67. The smallest absolute Gasteiger partial charge is 0.227 e. The predicted octanol–water partition coefficient (Wildman–Crippen LogP) is 7.47. The predicted molar refractivity (Wildman–Crippen MR) is 121 cm³/mol. The lowest BCUT2D eigenvalue weighted by molar-refractivity contribution is 0.587. The Balaban J connectivity index is 1.75. The maximum absolute atomic E-state index is 13.7. The molecule has 5 aromatic rings. The summed E-state index contributed by atoms with van der Waals surface area (Å²) in [4.78, 5) is 4.90. The van der Waals surface area contributed by atoms with Crippen molar-refractivity contribution >= 4 is 0 Å². The van der Waals surface area contributed by atoms with Crippen LogP contribution in [0.2, 0.25) is 0 Å². The molecule has 0 N–H and O–H groups in total. The molecule has 0 unspecified atom stereocenters. The quantitative estimate of drug-likeness (QED) is 0.293. The normalized spacial score (nSPS) is 11.1. The van der Waals surface area contributed by atoms with Crippen molar-refractivity contribution in [3.63, 3.8) is 0 Å². The molecular formula is C28H19F2NO. The van der Waals surface area contributed by atoms with Crippen molar-refractivity contribution in [3.05, 3.63) is 138 Å². The Morgan fingerprint density at radius 3 is 1.53 bits per heavy atom. The van der Waals surface area contributed by atoms with Crippen molar-refractivity contribution in [2.75, 3.05) is 0 Å². The Bertz CT molecular complexity index is 1270. The number of halogens is 2. The van der Waals surface area contributed by atoms with Crippen LogP contribution in [0.1, 0.15) is 22.7 Å². The molecule has 5 rings (SSSR count). The van der Waals surface area contributed by atoms with Gasteiger partial charge in [0, 0.05) is 11.1 Å². The molecule has 1 aromatic heterocycles. The molecule has 0 fully saturated rings. The van der Waals surface area contributed by atoms with Crippen molar-refractivity contribution in [3.8, 4) is 22.8 Å². The molecular weight excluding hydrogens is 404 g/mol. The summed E-state index contributed by atoms with van der Waals surface area (Å²) in [6.45, 7) is 0. The zero-order valence-corrected chi connectivity index (χ0v) is 17.1. The van der Waals surface area contributed by atoms with Crippen molar-refractivity contribution in [1.29, 1.82) is 0 Å². The number of benzene rings is 4. The Morgan fingerprint density at radius 1 is 0.562 bits per heavy atom. The highest BCUT2D eigenvalue weighted by atomic mass is 19.1. The van der Waals surface area contributed by atoms with Crippen LogP contribution in [0.3, 0.4) is 0 Å². The zero-order valence-electron chi connectivity index (χ0n) is 17.1. The van der Waals surface area contributed by atoms with E-state index in [-0.39, 0.29) is 17.6 Å². The molecule has 0 saturated heterocycles. The lowest BCUT2D eigenvalue weighted by Gasteiger charge is -2.17. The lowest BCUT2D eigenvalue weighted by Crippen LogP contribution is -2.06. The van der Waals surface area contributed by atoms with Gasteiger partial charge >= 0.3 is 0 Å². The van der Waals surface area contributed by atoms with Gasteiger partial charge in [-0.05, 0) is 47.5 Å². The van der Waals surface area contributed by atoms with Gasteiger partial charge in [0.1, 0.15) is 11.6 Å². The van der Waals surface area contributed by atoms with Crippen LogP contribution in [-0.2, 0) is 0 Å². The molecule has 0 aliphatic heterocycles. The number of hydrogen-bond acceptors (Lipinski definition) is 2. The summed E-state index contributed by atoms with van der Waals surface area (Å²) in [7, 11) is 0. The second-order valence-corrected chi connectivity index (χ2v) is 7.50. The fourth-order valence-corrected chi connectivity index (χ4v) is 3.85. The second kappa shape index (κ2) is 8.60. The van der Waals surface area contributed by atoms with E-state index in [4.69, 9.17) is 9.40 Å². The molecule has 1 heterocycles. The number of rotatable bonds is 5. The molecule has 0 bridgehead atoms. The van der Waals surface area contributed by atoms with Gasteiger partial charge < -0.3 is 4.42 Å². The fourth-order valence-electron chi connectivity index (χ4n) is 3.85. The maximum Gasteiger partial charge on any atom is 0.227 e. The van der Waals surface area contributed by atoms with Gasteiger partial charge in [0.05, 0.1) is 11.6 Å². The summed E-state index contributed by atoms with van der Waals surface area (Å²) in [5, 5.41) is 0. The Hall–Kier alpha value is -4.05. The van der Waals surface area contributed by atoms with Crippen molar-refractivity contribution in [1.82, 2.24) is 4.98 Å².